The zero-order valence-corrected chi connectivity index (χ0v) is 11.8. The van der Waals surface area contributed by atoms with Crippen molar-refractivity contribution in [2.75, 3.05) is 30.3 Å². The van der Waals surface area contributed by atoms with Gasteiger partial charge in [-0.1, -0.05) is 6.92 Å². The average molecular weight is 271 g/mol. The molecule has 0 spiro atoms. The number of esters is 1. The molecule has 0 atom stereocenters. The molecule has 0 N–H and O–H groups in total. The lowest BCUT2D eigenvalue weighted by atomic mass is 10.3. The molecule has 94 valence electrons. The van der Waals surface area contributed by atoms with Crippen molar-refractivity contribution >= 4 is 34.8 Å². The lowest BCUT2D eigenvalue weighted by molar-refractivity contribution is 0.0532. The van der Waals surface area contributed by atoms with Gasteiger partial charge in [0.25, 0.3) is 0 Å². The molecule has 1 aliphatic heterocycles. The second kappa shape index (κ2) is 5.78. The fourth-order valence-electron chi connectivity index (χ4n) is 1.86. The highest BCUT2D eigenvalue weighted by atomic mass is 32.2. The molecule has 2 heterocycles. The summed E-state index contributed by atoms with van der Waals surface area (Å²) >= 11 is 3.40. The number of thioether (sulfide) groups is 1. The van der Waals surface area contributed by atoms with Crippen LogP contribution in [0.1, 0.15) is 29.9 Å². The van der Waals surface area contributed by atoms with Crippen LogP contribution in [0, 0.1) is 0 Å². The van der Waals surface area contributed by atoms with Crippen molar-refractivity contribution in [3.63, 3.8) is 0 Å². The van der Waals surface area contributed by atoms with Gasteiger partial charge in [0.1, 0.15) is 4.88 Å². The largest absolute Gasteiger partial charge is 0.462 e. The van der Waals surface area contributed by atoms with Crippen molar-refractivity contribution in [1.29, 1.82) is 0 Å². The molecule has 0 saturated carbocycles. The normalized spacial score (nSPS) is 14.6. The number of thiophene rings is 1. The van der Waals surface area contributed by atoms with Crippen LogP contribution in [0.5, 0.6) is 0 Å². The van der Waals surface area contributed by atoms with Crippen LogP contribution in [0.3, 0.4) is 0 Å². The van der Waals surface area contributed by atoms with E-state index in [2.05, 4.69) is 11.8 Å². The van der Waals surface area contributed by atoms with Gasteiger partial charge in [-0.3, -0.25) is 0 Å². The minimum Gasteiger partial charge on any atom is -0.462 e. The first kappa shape index (κ1) is 12.8. The zero-order chi connectivity index (χ0) is 12.3. The molecule has 1 aromatic rings. The van der Waals surface area contributed by atoms with Crippen LogP contribution in [0.4, 0.5) is 5.69 Å². The summed E-state index contributed by atoms with van der Waals surface area (Å²) in [4.78, 5) is 14.8. The Morgan fingerprint density at radius 3 is 3.06 bits per heavy atom. The second-order valence-corrected chi connectivity index (χ2v) is 6.26. The summed E-state index contributed by atoms with van der Waals surface area (Å²) in [5.41, 5.74) is 1.22. The van der Waals surface area contributed by atoms with Crippen LogP contribution < -0.4 is 4.90 Å². The van der Waals surface area contributed by atoms with Gasteiger partial charge >= 0.3 is 5.97 Å². The number of rotatable bonds is 4. The Bertz CT molecular complexity index is 403. The SMILES string of the molecule is CCCN1CCSc2sc(C(=O)OCC)cc21. The number of nitrogens with zero attached hydrogens (tertiary/aromatic N) is 1. The first-order valence-corrected chi connectivity index (χ1v) is 7.75. The Morgan fingerprint density at radius 1 is 1.53 bits per heavy atom. The summed E-state index contributed by atoms with van der Waals surface area (Å²) < 4.78 is 6.30. The van der Waals surface area contributed by atoms with E-state index in [1.807, 2.05) is 24.8 Å². The topological polar surface area (TPSA) is 29.5 Å². The highest BCUT2D eigenvalue weighted by Crippen LogP contribution is 2.41. The molecule has 0 aliphatic carbocycles. The van der Waals surface area contributed by atoms with E-state index in [0.717, 1.165) is 30.1 Å². The number of fused-ring (bicyclic) bond motifs is 1. The van der Waals surface area contributed by atoms with Crippen LogP contribution in [0.2, 0.25) is 0 Å². The molecule has 0 radical (unpaired) electrons. The average Bonchev–Trinajstić information content (AvgIpc) is 2.75. The van der Waals surface area contributed by atoms with Crippen LogP contribution in [0.25, 0.3) is 0 Å². The van der Waals surface area contributed by atoms with Crippen LogP contribution >= 0.6 is 23.1 Å². The van der Waals surface area contributed by atoms with E-state index in [4.69, 9.17) is 4.74 Å². The van der Waals surface area contributed by atoms with Crippen molar-refractivity contribution in [3.8, 4) is 0 Å². The summed E-state index contributed by atoms with van der Waals surface area (Å²) in [5, 5.41) is 0. The zero-order valence-electron chi connectivity index (χ0n) is 10.2. The minimum absolute atomic E-state index is 0.191. The van der Waals surface area contributed by atoms with E-state index in [0.29, 0.717) is 6.61 Å². The van der Waals surface area contributed by atoms with E-state index < -0.39 is 0 Å². The van der Waals surface area contributed by atoms with E-state index in [9.17, 15) is 4.79 Å². The van der Waals surface area contributed by atoms with Gasteiger partial charge in [0, 0.05) is 18.8 Å². The third kappa shape index (κ3) is 2.77. The third-order valence-corrected chi connectivity index (χ3v) is 4.95. The van der Waals surface area contributed by atoms with Crippen molar-refractivity contribution in [2.45, 2.75) is 24.5 Å². The predicted octanol–water partition coefficient (Wildman–Crippen LogP) is 3.25. The molecule has 5 heteroatoms. The molecule has 1 aromatic heterocycles. The molecule has 17 heavy (non-hydrogen) atoms. The summed E-state index contributed by atoms with van der Waals surface area (Å²) in [7, 11) is 0. The van der Waals surface area contributed by atoms with E-state index in [1.54, 1.807) is 11.3 Å². The Hall–Kier alpha value is -0.680. The summed E-state index contributed by atoms with van der Waals surface area (Å²) in [6, 6.07) is 1.99. The quantitative estimate of drug-likeness (QED) is 0.786. The Balaban J connectivity index is 2.21. The molecule has 0 aromatic carbocycles. The molecule has 0 amide bonds. The summed E-state index contributed by atoms with van der Waals surface area (Å²) in [6.07, 6.45) is 1.13. The van der Waals surface area contributed by atoms with Crippen molar-refractivity contribution in [1.82, 2.24) is 0 Å². The molecule has 0 unspecified atom stereocenters. The fourth-order valence-corrected chi connectivity index (χ4v) is 4.26. The van der Waals surface area contributed by atoms with E-state index >= 15 is 0 Å². The van der Waals surface area contributed by atoms with Crippen LogP contribution in [-0.4, -0.2) is 31.4 Å². The number of carbonyl (C=O) groups excluding carboxylic acids is 1. The fraction of sp³-hybridized carbons (Fsp3) is 0.583. The first-order valence-electron chi connectivity index (χ1n) is 5.95. The van der Waals surface area contributed by atoms with Gasteiger partial charge in [0.2, 0.25) is 0 Å². The van der Waals surface area contributed by atoms with E-state index in [-0.39, 0.29) is 5.97 Å². The Labute approximate surface area is 110 Å². The molecule has 0 fully saturated rings. The van der Waals surface area contributed by atoms with Gasteiger partial charge in [-0.15, -0.1) is 23.1 Å². The van der Waals surface area contributed by atoms with E-state index in [1.165, 1.54) is 9.90 Å². The van der Waals surface area contributed by atoms with Crippen molar-refractivity contribution in [2.24, 2.45) is 0 Å². The van der Waals surface area contributed by atoms with Gasteiger partial charge in [0.05, 0.1) is 16.5 Å². The number of ether oxygens (including phenoxy) is 1. The van der Waals surface area contributed by atoms with Gasteiger partial charge < -0.3 is 9.64 Å². The molecular formula is C12H17NO2S2. The lowest BCUT2D eigenvalue weighted by Gasteiger charge is -2.27. The summed E-state index contributed by atoms with van der Waals surface area (Å²) in [5.74, 6) is 0.916. The second-order valence-electron chi connectivity index (χ2n) is 3.84. The molecule has 0 saturated heterocycles. The van der Waals surface area contributed by atoms with Gasteiger partial charge in [-0.2, -0.15) is 0 Å². The number of anilines is 1. The predicted molar refractivity (Wildman–Crippen MR) is 73.5 cm³/mol. The molecule has 0 bridgehead atoms. The monoisotopic (exact) mass is 271 g/mol. The third-order valence-electron chi connectivity index (χ3n) is 2.58. The molecule has 3 nitrogen and oxygen atoms in total. The Kier molecular flexibility index (Phi) is 4.34. The van der Waals surface area contributed by atoms with Crippen molar-refractivity contribution in [3.05, 3.63) is 10.9 Å². The first-order chi connectivity index (χ1) is 8.26. The molecular weight excluding hydrogens is 254 g/mol. The van der Waals surface area contributed by atoms with Crippen LogP contribution in [0.15, 0.2) is 10.3 Å². The molecule has 1 aliphatic rings. The van der Waals surface area contributed by atoms with Gasteiger partial charge in [-0.25, -0.2) is 4.79 Å². The highest BCUT2D eigenvalue weighted by Gasteiger charge is 2.22. The maximum absolute atomic E-state index is 11.7. The maximum Gasteiger partial charge on any atom is 0.348 e. The number of hydrogen-bond donors (Lipinski definition) is 0. The van der Waals surface area contributed by atoms with Crippen LogP contribution in [-0.2, 0) is 4.74 Å². The Morgan fingerprint density at radius 2 is 2.35 bits per heavy atom. The molecule has 2 rings (SSSR count). The standard InChI is InChI=1S/C12H17NO2S2/c1-3-5-13-6-7-16-12-9(13)8-10(17-12)11(14)15-4-2/h8H,3-7H2,1-2H3. The lowest BCUT2D eigenvalue weighted by Crippen LogP contribution is -2.28. The number of carbonyl (C=O) groups is 1. The van der Waals surface area contributed by atoms with Gasteiger partial charge in [0.15, 0.2) is 0 Å². The maximum atomic E-state index is 11.7. The highest BCUT2D eigenvalue weighted by molar-refractivity contribution is 8.01. The smallest absolute Gasteiger partial charge is 0.348 e. The van der Waals surface area contributed by atoms with Crippen molar-refractivity contribution < 1.29 is 9.53 Å². The summed E-state index contributed by atoms with van der Waals surface area (Å²) in [6.45, 7) is 6.59. The van der Waals surface area contributed by atoms with Gasteiger partial charge in [-0.05, 0) is 19.4 Å². The number of hydrogen-bond acceptors (Lipinski definition) is 5. The minimum atomic E-state index is -0.191.